The van der Waals surface area contributed by atoms with Crippen LogP contribution in [0, 0.1) is 11.3 Å². The van der Waals surface area contributed by atoms with Crippen molar-refractivity contribution in [1.29, 1.82) is 0 Å². The fourth-order valence-electron chi connectivity index (χ4n) is 2.23. The normalized spacial score (nSPS) is 32.1. The van der Waals surface area contributed by atoms with Crippen molar-refractivity contribution in [3.05, 3.63) is 11.3 Å². The first-order valence-corrected chi connectivity index (χ1v) is 5.94. The SMILES string of the molecule is CCC(C)C1=C(OC)[C@H](O)[C@](C)(CC)C1=O. The monoisotopic (exact) mass is 226 g/mol. The second-order valence-corrected chi connectivity index (χ2v) is 4.79. The van der Waals surface area contributed by atoms with Crippen molar-refractivity contribution in [2.45, 2.75) is 46.6 Å². The van der Waals surface area contributed by atoms with Crippen LogP contribution >= 0.6 is 0 Å². The van der Waals surface area contributed by atoms with E-state index >= 15 is 0 Å². The molecule has 0 aliphatic heterocycles. The van der Waals surface area contributed by atoms with Gasteiger partial charge >= 0.3 is 0 Å². The summed E-state index contributed by atoms with van der Waals surface area (Å²) in [6.45, 7) is 7.77. The number of hydrogen-bond donors (Lipinski definition) is 1. The molecule has 0 bridgehead atoms. The van der Waals surface area contributed by atoms with Gasteiger partial charge in [0.05, 0.1) is 12.5 Å². The molecule has 92 valence electrons. The first-order valence-electron chi connectivity index (χ1n) is 5.94. The van der Waals surface area contributed by atoms with Gasteiger partial charge in [0.2, 0.25) is 0 Å². The number of ether oxygens (including phenoxy) is 1. The fraction of sp³-hybridized carbons (Fsp3) is 0.769. The lowest BCUT2D eigenvalue weighted by Gasteiger charge is -2.25. The van der Waals surface area contributed by atoms with Gasteiger partial charge in [-0.3, -0.25) is 4.79 Å². The van der Waals surface area contributed by atoms with Crippen LogP contribution in [0.3, 0.4) is 0 Å². The van der Waals surface area contributed by atoms with Gasteiger partial charge in [0.25, 0.3) is 0 Å². The molecular formula is C13H22O3. The number of allylic oxidation sites excluding steroid dienone is 1. The predicted molar refractivity (Wildman–Crippen MR) is 62.9 cm³/mol. The number of aliphatic hydroxyl groups excluding tert-OH is 1. The number of ketones is 1. The summed E-state index contributed by atoms with van der Waals surface area (Å²) in [4.78, 5) is 12.3. The fourth-order valence-corrected chi connectivity index (χ4v) is 2.23. The maximum Gasteiger partial charge on any atom is 0.171 e. The molecular weight excluding hydrogens is 204 g/mol. The minimum absolute atomic E-state index is 0.0497. The number of hydrogen-bond acceptors (Lipinski definition) is 3. The van der Waals surface area contributed by atoms with Gasteiger partial charge in [0.1, 0.15) is 11.9 Å². The Morgan fingerprint density at radius 2 is 2.06 bits per heavy atom. The second kappa shape index (κ2) is 4.58. The summed E-state index contributed by atoms with van der Waals surface area (Å²) in [7, 11) is 1.52. The Hall–Kier alpha value is -0.830. The van der Waals surface area contributed by atoms with E-state index in [1.165, 1.54) is 7.11 Å². The zero-order chi connectivity index (χ0) is 12.5. The summed E-state index contributed by atoms with van der Waals surface area (Å²) in [6, 6.07) is 0. The Kier molecular flexibility index (Phi) is 3.79. The number of Topliss-reactive ketones (excluding diaryl/α,β-unsaturated/α-hetero) is 1. The standard InChI is InChI=1S/C13H22O3/c1-6-8(3)9-10(16-5)12(15)13(4,7-2)11(9)14/h8,12,15H,6-7H2,1-5H3/t8?,12-,13+/m0/s1. The van der Waals surface area contributed by atoms with Crippen LogP contribution < -0.4 is 0 Å². The van der Waals surface area contributed by atoms with Crippen molar-refractivity contribution in [2.24, 2.45) is 11.3 Å². The molecule has 16 heavy (non-hydrogen) atoms. The van der Waals surface area contributed by atoms with Gasteiger partial charge < -0.3 is 9.84 Å². The summed E-state index contributed by atoms with van der Waals surface area (Å²) >= 11 is 0. The predicted octanol–water partition coefficient (Wildman–Crippen LogP) is 2.29. The van der Waals surface area contributed by atoms with Gasteiger partial charge in [0, 0.05) is 5.57 Å². The Balaban J connectivity index is 3.22. The topological polar surface area (TPSA) is 46.5 Å². The molecule has 0 aromatic rings. The molecule has 0 aromatic heterocycles. The molecule has 3 atom stereocenters. The Bertz CT molecular complexity index is 319. The van der Waals surface area contributed by atoms with Gasteiger partial charge in [0.15, 0.2) is 5.78 Å². The highest BCUT2D eigenvalue weighted by Crippen LogP contribution is 2.44. The van der Waals surface area contributed by atoms with E-state index in [0.717, 1.165) is 6.42 Å². The number of aliphatic hydroxyl groups is 1. The van der Waals surface area contributed by atoms with E-state index in [0.29, 0.717) is 17.8 Å². The van der Waals surface area contributed by atoms with Gasteiger partial charge in [-0.25, -0.2) is 0 Å². The van der Waals surface area contributed by atoms with Gasteiger partial charge in [-0.05, 0) is 25.7 Å². The minimum Gasteiger partial charge on any atom is -0.498 e. The van der Waals surface area contributed by atoms with Gasteiger partial charge in [-0.15, -0.1) is 0 Å². The zero-order valence-electron chi connectivity index (χ0n) is 10.8. The van der Waals surface area contributed by atoms with E-state index in [1.807, 2.05) is 27.7 Å². The molecule has 1 unspecified atom stereocenters. The first kappa shape index (κ1) is 13.2. The van der Waals surface area contributed by atoms with E-state index in [2.05, 4.69) is 0 Å². The van der Waals surface area contributed by atoms with Crippen LogP contribution in [0.1, 0.15) is 40.5 Å². The average Bonchev–Trinajstić information content (AvgIpc) is 2.49. The Labute approximate surface area is 97.5 Å². The zero-order valence-corrected chi connectivity index (χ0v) is 10.8. The third-order valence-electron chi connectivity index (χ3n) is 3.94. The van der Waals surface area contributed by atoms with E-state index in [4.69, 9.17) is 4.74 Å². The molecule has 1 rings (SSSR count). The maximum absolute atomic E-state index is 12.3. The molecule has 0 saturated carbocycles. The summed E-state index contributed by atoms with van der Waals surface area (Å²) in [6.07, 6.45) is 0.708. The summed E-state index contributed by atoms with van der Waals surface area (Å²) in [5, 5.41) is 10.2. The van der Waals surface area contributed by atoms with Crippen LogP contribution in [-0.2, 0) is 9.53 Å². The Morgan fingerprint density at radius 1 is 1.50 bits per heavy atom. The molecule has 1 aliphatic rings. The molecule has 0 heterocycles. The lowest BCUT2D eigenvalue weighted by atomic mass is 9.79. The van der Waals surface area contributed by atoms with E-state index < -0.39 is 11.5 Å². The van der Waals surface area contributed by atoms with Crippen molar-refractivity contribution >= 4 is 5.78 Å². The lowest BCUT2D eigenvalue weighted by molar-refractivity contribution is -0.127. The molecule has 0 saturated heterocycles. The largest absolute Gasteiger partial charge is 0.498 e. The van der Waals surface area contributed by atoms with Crippen LogP contribution in [0.2, 0.25) is 0 Å². The number of methoxy groups -OCH3 is 1. The summed E-state index contributed by atoms with van der Waals surface area (Å²) in [5.74, 6) is 0.669. The van der Waals surface area contributed by atoms with Crippen molar-refractivity contribution in [1.82, 2.24) is 0 Å². The number of carbonyl (C=O) groups is 1. The highest BCUT2D eigenvalue weighted by atomic mass is 16.5. The van der Waals surface area contributed by atoms with Crippen LogP contribution in [0.4, 0.5) is 0 Å². The van der Waals surface area contributed by atoms with Crippen molar-refractivity contribution in [3.8, 4) is 0 Å². The molecule has 3 heteroatoms. The van der Waals surface area contributed by atoms with E-state index in [1.54, 1.807) is 0 Å². The van der Waals surface area contributed by atoms with E-state index in [-0.39, 0.29) is 11.7 Å². The Morgan fingerprint density at radius 3 is 2.44 bits per heavy atom. The van der Waals surface area contributed by atoms with Crippen molar-refractivity contribution < 1.29 is 14.6 Å². The minimum atomic E-state index is -0.793. The number of carbonyl (C=O) groups excluding carboxylic acids is 1. The smallest absolute Gasteiger partial charge is 0.171 e. The second-order valence-electron chi connectivity index (χ2n) is 4.79. The summed E-state index contributed by atoms with van der Waals surface area (Å²) < 4.78 is 5.24. The quantitative estimate of drug-likeness (QED) is 0.800. The lowest BCUT2D eigenvalue weighted by Crippen LogP contribution is -2.35. The third kappa shape index (κ3) is 1.67. The maximum atomic E-state index is 12.3. The molecule has 1 N–H and O–H groups in total. The molecule has 1 aliphatic carbocycles. The van der Waals surface area contributed by atoms with Crippen LogP contribution in [0.5, 0.6) is 0 Å². The number of rotatable bonds is 4. The van der Waals surface area contributed by atoms with E-state index in [9.17, 15) is 9.90 Å². The van der Waals surface area contributed by atoms with Gasteiger partial charge in [-0.1, -0.05) is 20.8 Å². The van der Waals surface area contributed by atoms with Crippen molar-refractivity contribution in [2.75, 3.05) is 7.11 Å². The highest BCUT2D eigenvalue weighted by molar-refractivity contribution is 6.04. The van der Waals surface area contributed by atoms with Crippen molar-refractivity contribution in [3.63, 3.8) is 0 Å². The molecule has 0 radical (unpaired) electrons. The highest BCUT2D eigenvalue weighted by Gasteiger charge is 2.51. The summed E-state index contributed by atoms with van der Waals surface area (Å²) in [5.41, 5.74) is -0.0220. The molecule has 0 amide bonds. The van der Waals surface area contributed by atoms with Gasteiger partial charge in [-0.2, -0.15) is 0 Å². The molecule has 0 fully saturated rings. The molecule has 0 spiro atoms. The molecule has 3 nitrogen and oxygen atoms in total. The average molecular weight is 226 g/mol. The molecule has 0 aromatic carbocycles. The van der Waals surface area contributed by atoms with Crippen LogP contribution in [-0.4, -0.2) is 24.1 Å². The van der Waals surface area contributed by atoms with Crippen LogP contribution in [0.25, 0.3) is 0 Å². The first-order chi connectivity index (χ1) is 7.43. The van der Waals surface area contributed by atoms with Crippen LogP contribution in [0.15, 0.2) is 11.3 Å². The third-order valence-corrected chi connectivity index (χ3v) is 3.94.